The quantitative estimate of drug-likeness (QED) is 0.848. The molecule has 0 aromatic heterocycles. The molecule has 0 amide bonds. The van der Waals surface area contributed by atoms with Crippen molar-refractivity contribution in [1.82, 2.24) is 5.32 Å². The lowest BCUT2D eigenvalue weighted by molar-refractivity contribution is -0.151. The van der Waals surface area contributed by atoms with Crippen molar-refractivity contribution in [3.8, 4) is 5.75 Å². The fourth-order valence-electron chi connectivity index (χ4n) is 2.81. The van der Waals surface area contributed by atoms with Crippen LogP contribution in [0.1, 0.15) is 31.7 Å². The molecule has 0 aliphatic heterocycles. The van der Waals surface area contributed by atoms with E-state index < -0.39 is 5.54 Å². The van der Waals surface area contributed by atoms with Crippen LogP contribution < -0.4 is 10.1 Å². The van der Waals surface area contributed by atoms with Crippen LogP contribution in [0, 0.1) is 12.7 Å². The lowest BCUT2D eigenvalue weighted by atomic mass is 9.98. The SMILES string of the molecule is CCOC(=O)C1(NC)CCC(Oc2ccc(F)cc2C)C1. The highest BCUT2D eigenvalue weighted by Crippen LogP contribution is 2.34. The molecule has 0 bridgehead atoms. The number of esters is 1. The molecule has 0 spiro atoms. The smallest absolute Gasteiger partial charge is 0.326 e. The van der Waals surface area contributed by atoms with Crippen molar-refractivity contribution in [3.63, 3.8) is 0 Å². The molecule has 1 N–H and O–H groups in total. The Morgan fingerprint density at radius 2 is 2.29 bits per heavy atom. The number of carbonyl (C=O) groups is 1. The number of nitrogens with one attached hydrogen (secondary N) is 1. The van der Waals surface area contributed by atoms with E-state index in [-0.39, 0.29) is 17.9 Å². The van der Waals surface area contributed by atoms with Gasteiger partial charge in [-0.2, -0.15) is 0 Å². The monoisotopic (exact) mass is 295 g/mol. The minimum Gasteiger partial charge on any atom is -0.490 e. The predicted molar refractivity (Wildman–Crippen MR) is 77.8 cm³/mol. The molecule has 2 unspecified atom stereocenters. The van der Waals surface area contributed by atoms with Gasteiger partial charge in [0.1, 0.15) is 23.2 Å². The van der Waals surface area contributed by atoms with Crippen LogP contribution in [-0.2, 0) is 9.53 Å². The van der Waals surface area contributed by atoms with Crippen LogP contribution in [0.25, 0.3) is 0 Å². The molecule has 1 aromatic rings. The minimum absolute atomic E-state index is 0.0778. The second-order valence-electron chi connectivity index (χ2n) is 5.45. The van der Waals surface area contributed by atoms with E-state index in [1.807, 2.05) is 6.92 Å². The maximum Gasteiger partial charge on any atom is 0.326 e. The first-order valence-corrected chi connectivity index (χ1v) is 7.29. The Balaban J connectivity index is 2.06. The Labute approximate surface area is 124 Å². The van der Waals surface area contributed by atoms with Crippen LogP contribution in [0.5, 0.6) is 5.75 Å². The summed E-state index contributed by atoms with van der Waals surface area (Å²) in [5, 5.41) is 3.09. The maximum atomic E-state index is 13.1. The van der Waals surface area contributed by atoms with Crippen LogP contribution in [0.15, 0.2) is 18.2 Å². The number of carbonyl (C=O) groups excluding carboxylic acids is 1. The number of halogens is 1. The zero-order valence-electron chi connectivity index (χ0n) is 12.7. The molecule has 5 heteroatoms. The first kappa shape index (κ1) is 15.8. The van der Waals surface area contributed by atoms with Gasteiger partial charge in [0, 0.05) is 6.42 Å². The average molecular weight is 295 g/mol. The van der Waals surface area contributed by atoms with E-state index in [0.717, 1.165) is 12.0 Å². The predicted octanol–water partition coefficient (Wildman–Crippen LogP) is 2.59. The molecule has 1 aliphatic carbocycles. The van der Waals surface area contributed by atoms with Gasteiger partial charge >= 0.3 is 5.97 Å². The van der Waals surface area contributed by atoms with E-state index in [4.69, 9.17) is 9.47 Å². The van der Waals surface area contributed by atoms with Gasteiger partial charge in [0.15, 0.2) is 0 Å². The molecule has 1 aliphatic rings. The molecule has 116 valence electrons. The molecule has 4 nitrogen and oxygen atoms in total. The lowest BCUT2D eigenvalue weighted by Crippen LogP contribution is -2.49. The molecule has 0 radical (unpaired) electrons. The number of rotatable bonds is 5. The third-order valence-corrected chi connectivity index (χ3v) is 4.04. The molecule has 21 heavy (non-hydrogen) atoms. The number of hydrogen-bond donors (Lipinski definition) is 1. The molecule has 0 heterocycles. The minimum atomic E-state index is -0.672. The second-order valence-corrected chi connectivity index (χ2v) is 5.45. The van der Waals surface area contributed by atoms with Crippen molar-refractivity contribution in [2.75, 3.05) is 13.7 Å². The Hall–Kier alpha value is -1.62. The van der Waals surface area contributed by atoms with Crippen LogP contribution in [0.4, 0.5) is 4.39 Å². The van der Waals surface area contributed by atoms with Crippen LogP contribution in [-0.4, -0.2) is 31.3 Å². The van der Waals surface area contributed by atoms with E-state index in [2.05, 4.69) is 5.32 Å². The molecular formula is C16H22FNO3. The summed E-state index contributed by atoms with van der Waals surface area (Å²) in [7, 11) is 1.77. The van der Waals surface area contributed by atoms with Crippen molar-refractivity contribution < 1.29 is 18.7 Å². The first-order valence-electron chi connectivity index (χ1n) is 7.29. The van der Waals surface area contributed by atoms with Crippen molar-refractivity contribution in [2.45, 2.75) is 44.8 Å². The summed E-state index contributed by atoms with van der Waals surface area (Å²) in [6.07, 6.45) is 1.91. The average Bonchev–Trinajstić information content (AvgIpc) is 2.87. The van der Waals surface area contributed by atoms with E-state index in [0.29, 0.717) is 25.2 Å². The normalized spacial score (nSPS) is 24.9. The Morgan fingerprint density at radius 3 is 2.90 bits per heavy atom. The molecule has 0 saturated heterocycles. The van der Waals surface area contributed by atoms with Crippen LogP contribution in [0.2, 0.25) is 0 Å². The molecule has 2 rings (SSSR count). The second kappa shape index (κ2) is 6.43. The fourth-order valence-corrected chi connectivity index (χ4v) is 2.81. The Kier molecular flexibility index (Phi) is 4.83. The zero-order valence-corrected chi connectivity index (χ0v) is 12.7. The number of benzene rings is 1. The van der Waals surface area contributed by atoms with Gasteiger partial charge < -0.3 is 14.8 Å². The van der Waals surface area contributed by atoms with Gasteiger partial charge in [-0.1, -0.05) is 0 Å². The molecule has 1 aromatic carbocycles. The number of aryl methyl sites for hydroxylation is 1. The Bertz CT molecular complexity index is 520. The summed E-state index contributed by atoms with van der Waals surface area (Å²) >= 11 is 0. The zero-order chi connectivity index (χ0) is 15.5. The van der Waals surface area contributed by atoms with Gasteiger partial charge in [0.05, 0.1) is 6.61 Å². The third kappa shape index (κ3) is 3.35. The van der Waals surface area contributed by atoms with E-state index in [9.17, 15) is 9.18 Å². The number of hydrogen-bond acceptors (Lipinski definition) is 4. The van der Waals surface area contributed by atoms with Crippen molar-refractivity contribution in [1.29, 1.82) is 0 Å². The van der Waals surface area contributed by atoms with E-state index >= 15 is 0 Å². The van der Waals surface area contributed by atoms with Gasteiger partial charge in [-0.15, -0.1) is 0 Å². The summed E-state index contributed by atoms with van der Waals surface area (Å²) in [4.78, 5) is 12.1. The first-order chi connectivity index (χ1) is 10.0. The van der Waals surface area contributed by atoms with Gasteiger partial charge in [0.2, 0.25) is 0 Å². The van der Waals surface area contributed by atoms with Crippen molar-refractivity contribution in [3.05, 3.63) is 29.6 Å². The Morgan fingerprint density at radius 1 is 1.52 bits per heavy atom. The number of ether oxygens (including phenoxy) is 2. The summed E-state index contributed by atoms with van der Waals surface area (Å²) in [6, 6.07) is 4.46. The van der Waals surface area contributed by atoms with Gasteiger partial charge in [-0.3, -0.25) is 4.79 Å². The van der Waals surface area contributed by atoms with Crippen LogP contribution in [0.3, 0.4) is 0 Å². The lowest BCUT2D eigenvalue weighted by Gasteiger charge is -2.26. The van der Waals surface area contributed by atoms with Crippen LogP contribution >= 0.6 is 0 Å². The summed E-state index contributed by atoms with van der Waals surface area (Å²) < 4.78 is 24.2. The molecule has 1 fully saturated rings. The molecule has 2 atom stereocenters. The van der Waals surface area contributed by atoms with Gasteiger partial charge in [-0.05, 0) is 57.5 Å². The highest BCUT2D eigenvalue weighted by molar-refractivity contribution is 5.81. The molecular weight excluding hydrogens is 273 g/mol. The largest absolute Gasteiger partial charge is 0.490 e. The van der Waals surface area contributed by atoms with Gasteiger partial charge in [-0.25, -0.2) is 4.39 Å². The summed E-state index contributed by atoms with van der Waals surface area (Å²) in [6.45, 7) is 3.97. The highest BCUT2D eigenvalue weighted by Gasteiger charge is 2.46. The third-order valence-electron chi connectivity index (χ3n) is 4.04. The summed E-state index contributed by atoms with van der Waals surface area (Å²) in [5.74, 6) is 0.161. The van der Waals surface area contributed by atoms with E-state index in [1.54, 1.807) is 20.0 Å². The van der Waals surface area contributed by atoms with Crippen molar-refractivity contribution >= 4 is 5.97 Å². The topological polar surface area (TPSA) is 47.6 Å². The fraction of sp³-hybridized carbons (Fsp3) is 0.562. The van der Waals surface area contributed by atoms with Crippen molar-refractivity contribution in [2.24, 2.45) is 0 Å². The standard InChI is InChI=1S/C16H22FNO3/c1-4-20-15(19)16(18-3)8-7-13(10-16)21-14-6-5-12(17)9-11(14)2/h5-6,9,13,18H,4,7-8,10H2,1-3H3. The molecule has 1 saturated carbocycles. The highest BCUT2D eigenvalue weighted by atomic mass is 19.1. The number of likely N-dealkylation sites (N-methyl/N-ethyl adjacent to an activating group) is 1. The maximum absolute atomic E-state index is 13.1. The summed E-state index contributed by atoms with van der Waals surface area (Å²) in [5.41, 5.74) is 0.0855. The van der Waals surface area contributed by atoms with E-state index in [1.165, 1.54) is 12.1 Å². The van der Waals surface area contributed by atoms with Gasteiger partial charge in [0.25, 0.3) is 0 Å².